The molecule has 7 aromatic carbocycles. The largest absolute Gasteiger partial charge is 0.207 e. The van der Waals surface area contributed by atoms with Crippen molar-refractivity contribution >= 4 is 32.3 Å². The average Bonchev–Trinajstić information content (AvgIpc) is 2.95. The highest BCUT2D eigenvalue weighted by Crippen LogP contribution is 2.42. The minimum atomic E-state index is -0.580. The fourth-order valence-electron chi connectivity index (χ4n) is 5.72. The first-order valence-corrected chi connectivity index (χ1v) is 12.7. The van der Waals surface area contributed by atoms with Crippen LogP contribution in [0, 0.1) is 11.6 Å². The van der Waals surface area contributed by atoms with Gasteiger partial charge in [0.05, 0.1) is 0 Å². The zero-order valence-electron chi connectivity index (χ0n) is 20.5. The van der Waals surface area contributed by atoms with Crippen LogP contribution in [0.3, 0.4) is 0 Å². The minimum absolute atomic E-state index is 0.529. The van der Waals surface area contributed by atoms with E-state index in [4.69, 9.17) is 0 Å². The van der Waals surface area contributed by atoms with E-state index in [2.05, 4.69) is 91.0 Å². The lowest BCUT2D eigenvalue weighted by Gasteiger charge is -2.16. The van der Waals surface area contributed by atoms with Crippen molar-refractivity contribution in [1.29, 1.82) is 0 Å². The van der Waals surface area contributed by atoms with Crippen molar-refractivity contribution in [3.8, 4) is 33.4 Å². The molecule has 7 aromatic rings. The summed E-state index contributed by atoms with van der Waals surface area (Å²) in [5, 5.41) is 6.78. The lowest BCUT2D eigenvalue weighted by molar-refractivity contribution is 0.584. The molecule has 0 aliphatic rings. The number of rotatable bonds is 3. The number of hydrogen-bond acceptors (Lipinski definition) is 0. The zero-order chi connectivity index (χ0) is 25.6. The molecule has 0 bridgehead atoms. The normalized spacial score (nSPS) is 11.4. The van der Waals surface area contributed by atoms with Gasteiger partial charge in [-0.05, 0) is 77.8 Å². The van der Waals surface area contributed by atoms with E-state index in [1.54, 1.807) is 0 Å². The Hall–Kier alpha value is -4.82. The molecule has 0 spiro atoms. The summed E-state index contributed by atoms with van der Waals surface area (Å²) < 4.78 is 28.1. The molecule has 0 fully saturated rings. The first kappa shape index (κ1) is 22.4. The highest BCUT2D eigenvalue weighted by molar-refractivity contribution is 6.13. The van der Waals surface area contributed by atoms with Gasteiger partial charge in [0.2, 0.25) is 0 Å². The van der Waals surface area contributed by atoms with Gasteiger partial charge in [0.15, 0.2) is 0 Å². The Morgan fingerprint density at radius 3 is 1.26 bits per heavy atom. The summed E-state index contributed by atoms with van der Waals surface area (Å²) in [6.45, 7) is 0. The van der Waals surface area contributed by atoms with E-state index >= 15 is 0 Å². The molecule has 180 valence electrons. The molecule has 0 aliphatic heterocycles. The molecule has 0 saturated heterocycles. The molecule has 0 amide bonds. The van der Waals surface area contributed by atoms with E-state index < -0.39 is 11.6 Å². The summed E-state index contributed by atoms with van der Waals surface area (Å²) in [5.74, 6) is -1.16. The summed E-state index contributed by atoms with van der Waals surface area (Å²) in [4.78, 5) is 0. The van der Waals surface area contributed by atoms with Crippen molar-refractivity contribution in [2.75, 3.05) is 0 Å². The molecule has 2 heteroatoms. The fraction of sp³-hybridized carbons (Fsp3) is 0. The van der Waals surface area contributed by atoms with Gasteiger partial charge in [0.25, 0.3) is 0 Å². The van der Waals surface area contributed by atoms with Gasteiger partial charge in [-0.3, -0.25) is 0 Å². The number of fused-ring (bicyclic) bond motifs is 3. The summed E-state index contributed by atoms with van der Waals surface area (Å²) in [6.07, 6.45) is 0. The predicted molar refractivity (Wildman–Crippen MR) is 155 cm³/mol. The third kappa shape index (κ3) is 3.65. The molecule has 0 radical (unpaired) electrons. The van der Waals surface area contributed by atoms with E-state index in [-0.39, 0.29) is 0 Å². The summed E-state index contributed by atoms with van der Waals surface area (Å²) in [7, 11) is 0. The van der Waals surface area contributed by atoms with Gasteiger partial charge in [0, 0.05) is 6.07 Å². The van der Waals surface area contributed by atoms with Gasteiger partial charge < -0.3 is 0 Å². The summed E-state index contributed by atoms with van der Waals surface area (Å²) >= 11 is 0. The number of benzene rings is 7. The molecule has 0 unspecified atom stereocenters. The molecule has 38 heavy (non-hydrogen) atoms. The van der Waals surface area contributed by atoms with E-state index in [0.717, 1.165) is 38.9 Å². The first-order chi connectivity index (χ1) is 18.7. The van der Waals surface area contributed by atoms with Crippen molar-refractivity contribution in [3.63, 3.8) is 0 Å². The Kier molecular flexibility index (Phi) is 5.26. The highest BCUT2D eigenvalue weighted by Gasteiger charge is 2.15. The Bertz CT molecular complexity index is 1980. The molecule has 0 atom stereocenters. The molecule has 0 N–H and O–H groups in total. The maximum Gasteiger partial charge on any atom is 0.126 e. The lowest BCUT2D eigenvalue weighted by atomic mass is 9.87. The van der Waals surface area contributed by atoms with Crippen LogP contribution in [0.15, 0.2) is 133 Å². The van der Waals surface area contributed by atoms with E-state index in [1.165, 1.54) is 39.4 Å². The van der Waals surface area contributed by atoms with E-state index in [1.807, 2.05) is 24.3 Å². The lowest BCUT2D eigenvalue weighted by Crippen LogP contribution is -1.90. The average molecular weight is 493 g/mol. The maximum atomic E-state index is 14.1. The van der Waals surface area contributed by atoms with Crippen LogP contribution in [0.25, 0.3) is 65.7 Å². The van der Waals surface area contributed by atoms with Gasteiger partial charge in [-0.1, -0.05) is 115 Å². The van der Waals surface area contributed by atoms with Crippen LogP contribution in [0.5, 0.6) is 0 Å². The van der Waals surface area contributed by atoms with Crippen LogP contribution < -0.4 is 0 Å². The third-order valence-electron chi connectivity index (χ3n) is 7.39. The van der Waals surface area contributed by atoms with Crippen molar-refractivity contribution in [1.82, 2.24) is 0 Å². The van der Waals surface area contributed by atoms with Crippen molar-refractivity contribution in [2.45, 2.75) is 0 Å². The van der Waals surface area contributed by atoms with Crippen LogP contribution in [0.4, 0.5) is 8.78 Å². The first-order valence-electron chi connectivity index (χ1n) is 12.7. The Morgan fingerprint density at radius 1 is 0.316 bits per heavy atom. The van der Waals surface area contributed by atoms with Crippen LogP contribution in [0.1, 0.15) is 0 Å². The van der Waals surface area contributed by atoms with E-state index in [9.17, 15) is 8.78 Å². The second kappa shape index (κ2) is 8.93. The molecule has 0 heterocycles. The molecule has 0 aliphatic carbocycles. The van der Waals surface area contributed by atoms with Crippen LogP contribution in [-0.4, -0.2) is 0 Å². The molecule has 7 rings (SSSR count). The Morgan fingerprint density at radius 2 is 0.711 bits per heavy atom. The Labute approximate surface area is 219 Å². The molecular weight excluding hydrogens is 470 g/mol. The smallest absolute Gasteiger partial charge is 0.126 e. The molecule has 0 aromatic heterocycles. The topological polar surface area (TPSA) is 0 Å². The number of halogens is 2. The fourth-order valence-corrected chi connectivity index (χ4v) is 5.72. The minimum Gasteiger partial charge on any atom is -0.207 e. The van der Waals surface area contributed by atoms with Gasteiger partial charge in [-0.15, -0.1) is 0 Å². The van der Waals surface area contributed by atoms with Gasteiger partial charge in [-0.2, -0.15) is 0 Å². The van der Waals surface area contributed by atoms with Crippen molar-refractivity contribution in [3.05, 3.63) is 145 Å². The van der Waals surface area contributed by atoms with Crippen LogP contribution >= 0.6 is 0 Å². The molecule has 0 saturated carbocycles. The standard InChI is InChI=1S/C36H22F2/c37-25-20-24(21-26(38)22-25)28-16-17-35(31-12-4-3-11-29(28)31)36-19-18-34(32-13-5-6-14-33(32)36)30-15-7-9-23-8-1-2-10-27(23)30/h1-22H. The van der Waals surface area contributed by atoms with Gasteiger partial charge in [0.1, 0.15) is 11.6 Å². The van der Waals surface area contributed by atoms with Gasteiger partial charge in [-0.25, -0.2) is 8.78 Å². The van der Waals surface area contributed by atoms with Crippen LogP contribution in [-0.2, 0) is 0 Å². The monoisotopic (exact) mass is 492 g/mol. The van der Waals surface area contributed by atoms with Crippen molar-refractivity contribution < 1.29 is 8.78 Å². The quantitative estimate of drug-likeness (QED) is 0.230. The zero-order valence-corrected chi connectivity index (χ0v) is 20.5. The second-order valence-electron chi connectivity index (χ2n) is 9.60. The Balaban J connectivity index is 1.48. The maximum absolute atomic E-state index is 14.1. The highest BCUT2D eigenvalue weighted by atomic mass is 19.1. The number of hydrogen-bond donors (Lipinski definition) is 0. The second-order valence-corrected chi connectivity index (χ2v) is 9.60. The summed E-state index contributed by atoms with van der Waals surface area (Å²) in [5.41, 5.74) is 5.94. The SMILES string of the molecule is Fc1cc(F)cc(-c2ccc(-c3ccc(-c4cccc5ccccc45)c4ccccc34)c3ccccc23)c1. The summed E-state index contributed by atoms with van der Waals surface area (Å²) in [6, 6.07) is 43.6. The van der Waals surface area contributed by atoms with Gasteiger partial charge >= 0.3 is 0 Å². The predicted octanol–water partition coefficient (Wildman–Crippen LogP) is 10.4. The van der Waals surface area contributed by atoms with Crippen LogP contribution in [0.2, 0.25) is 0 Å². The van der Waals surface area contributed by atoms with E-state index in [0.29, 0.717) is 5.56 Å². The molecular formula is C36H22F2. The van der Waals surface area contributed by atoms with Crippen molar-refractivity contribution in [2.24, 2.45) is 0 Å². The third-order valence-corrected chi connectivity index (χ3v) is 7.39. The molecule has 0 nitrogen and oxygen atoms in total.